The molecule has 0 atom stereocenters. The van der Waals surface area contributed by atoms with E-state index in [4.69, 9.17) is 14.2 Å². The second kappa shape index (κ2) is 8.91. The molecule has 0 spiro atoms. The molecule has 1 aliphatic carbocycles. The van der Waals surface area contributed by atoms with Gasteiger partial charge in [0.15, 0.2) is 0 Å². The van der Waals surface area contributed by atoms with E-state index in [9.17, 15) is 14.4 Å². The topological polar surface area (TPSA) is 90.9 Å². The van der Waals surface area contributed by atoms with Crippen molar-refractivity contribution in [1.82, 2.24) is 5.32 Å². The maximum atomic E-state index is 12.7. The molecule has 7 heteroatoms. The lowest BCUT2D eigenvalue weighted by atomic mass is 9.72. The minimum atomic E-state index is -1.25. The lowest BCUT2D eigenvalue weighted by Gasteiger charge is -2.41. The zero-order valence-electron chi connectivity index (χ0n) is 16.7. The Labute approximate surface area is 165 Å². The highest BCUT2D eigenvalue weighted by molar-refractivity contribution is 5.90. The third-order valence-electron chi connectivity index (χ3n) is 4.01. The van der Waals surface area contributed by atoms with Crippen LogP contribution >= 0.6 is 0 Å². The van der Waals surface area contributed by atoms with Gasteiger partial charge in [0.2, 0.25) is 0 Å². The first-order valence-electron chi connectivity index (χ1n) is 9.22. The highest BCUT2D eigenvalue weighted by atomic mass is 16.6. The van der Waals surface area contributed by atoms with E-state index in [-0.39, 0.29) is 26.1 Å². The second-order valence-electron chi connectivity index (χ2n) is 7.68. The van der Waals surface area contributed by atoms with Gasteiger partial charge in [0.1, 0.15) is 17.7 Å². The SMILES string of the molecule is CCOC(=O)C=C1CC(NC(=O)OC(C)(C)C)(C(=O)OCc2ccccc2)C1. The Hall–Kier alpha value is -2.83. The number of hydrogen-bond acceptors (Lipinski definition) is 6. The van der Waals surface area contributed by atoms with Gasteiger partial charge in [-0.1, -0.05) is 35.9 Å². The quantitative estimate of drug-likeness (QED) is 0.456. The fraction of sp³-hybridized carbons (Fsp3) is 0.476. The van der Waals surface area contributed by atoms with Gasteiger partial charge in [-0.15, -0.1) is 0 Å². The number of hydrogen-bond donors (Lipinski definition) is 1. The van der Waals surface area contributed by atoms with E-state index in [1.807, 2.05) is 30.3 Å². The number of ether oxygens (including phenoxy) is 3. The predicted molar refractivity (Wildman–Crippen MR) is 102 cm³/mol. The molecule has 1 fully saturated rings. The van der Waals surface area contributed by atoms with Crippen LogP contribution in [0.25, 0.3) is 0 Å². The summed E-state index contributed by atoms with van der Waals surface area (Å²) in [5.41, 5.74) is -0.418. The maximum absolute atomic E-state index is 12.7. The van der Waals surface area contributed by atoms with Crippen molar-refractivity contribution in [2.24, 2.45) is 0 Å². The molecule has 152 valence electrons. The predicted octanol–water partition coefficient (Wildman–Crippen LogP) is 3.28. The normalized spacial score (nSPS) is 18.5. The van der Waals surface area contributed by atoms with Gasteiger partial charge in [-0.3, -0.25) is 0 Å². The van der Waals surface area contributed by atoms with E-state index in [1.165, 1.54) is 6.08 Å². The van der Waals surface area contributed by atoms with Gasteiger partial charge >= 0.3 is 18.0 Å². The molecule has 0 radical (unpaired) electrons. The van der Waals surface area contributed by atoms with Gasteiger partial charge in [0, 0.05) is 18.9 Å². The summed E-state index contributed by atoms with van der Waals surface area (Å²) in [5, 5.41) is 2.63. The van der Waals surface area contributed by atoms with Crippen LogP contribution in [0.5, 0.6) is 0 Å². The maximum Gasteiger partial charge on any atom is 0.408 e. The van der Waals surface area contributed by atoms with Gasteiger partial charge in [0.25, 0.3) is 0 Å². The van der Waals surface area contributed by atoms with E-state index in [0.717, 1.165) is 5.56 Å². The third kappa shape index (κ3) is 6.11. The number of alkyl carbamates (subject to hydrolysis) is 1. The lowest BCUT2D eigenvalue weighted by Crippen LogP contribution is -2.61. The standard InChI is InChI=1S/C21H27NO6/c1-5-26-17(23)11-16-12-21(13-16,22-19(25)28-20(2,3)4)18(24)27-14-15-9-7-6-8-10-15/h6-11H,5,12-14H2,1-4H3,(H,22,25). The lowest BCUT2D eigenvalue weighted by molar-refractivity contribution is -0.155. The van der Waals surface area contributed by atoms with E-state index in [2.05, 4.69) is 5.32 Å². The van der Waals surface area contributed by atoms with Gasteiger partial charge in [-0.25, -0.2) is 14.4 Å². The van der Waals surface area contributed by atoms with Crippen molar-refractivity contribution in [3.63, 3.8) is 0 Å². The molecule has 0 saturated heterocycles. The van der Waals surface area contributed by atoms with Crippen LogP contribution in [-0.4, -0.2) is 35.8 Å². The number of benzene rings is 1. The number of carbonyl (C=O) groups excluding carboxylic acids is 3. The summed E-state index contributed by atoms with van der Waals surface area (Å²) in [4.78, 5) is 36.6. The molecule has 7 nitrogen and oxygen atoms in total. The van der Waals surface area contributed by atoms with Crippen LogP contribution in [0.3, 0.4) is 0 Å². The summed E-state index contributed by atoms with van der Waals surface area (Å²) >= 11 is 0. The average Bonchev–Trinajstić information content (AvgIpc) is 2.57. The smallest absolute Gasteiger partial charge is 0.408 e. The minimum Gasteiger partial charge on any atom is -0.463 e. The Kier molecular flexibility index (Phi) is 6.83. The number of esters is 2. The molecule has 0 aromatic heterocycles. The summed E-state index contributed by atoms with van der Waals surface area (Å²) in [5.74, 6) is -1.04. The minimum absolute atomic E-state index is 0.0916. The second-order valence-corrected chi connectivity index (χ2v) is 7.68. The van der Waals surface area contributed by atoms with Crippen molar-refractivity contribution in [3.05, 3.63) is 47.5 Å². The molecule has 2 rings (SSSR count). The fourth-order valence-electron chi connectivity index (χ4n) is 2.82. The highest BCUT2D eigenvalue weighted by Crippen LogP contribution is 2.39. The Balaban J connectivity index is 2.07. The molecular weight excluding hydrogens is 362 g/mol. The summed E-state index contributed by atoms with van der Waals surface area (Å²) in [7, 11) is 0. The third-order valence-corrected chi connectivity index (χ3v) is 4.01. The fourth-order valence-corrected chi connectivity index (χ4v) is 2.82. The summed E-state index contributed by atoms with van der Waals surface area (Å²) in [6.07, 6.45) is 0.972. The van der Waals surface area contributed by atoms with Gasteiger partial charge < -0.3 is 19.5 Å². The van der Waals surface area contributed by atoms with Crippen LogP contribution in [0.2, 0.25) is 0 Å². The molecule has 0 unspecified atom stereocenters. The van der Waals surface area contributed by atoms with Crippen LogP contribution in [0.1, 0.15) is 46.1 Å². The highest BCUT2D eigenvalue weighted by Gasteiger charge is 2.51. The molecule has 1 aliphatic rings. The van der Waals surface area contributed by atoms with Crippen LogP contribution in [0.15, 0.2) is 42.0 Å². The first-order valence-corrected chi connectivity index (χ1v) is 9.22. The van der Waals surface area contributed by atoms with Crippen LogP contribution in [-0.2, 0) is 30.4 Å². The van der Waals surface area contributed by atoms with Crippen molar-refractivity contribution < 1.29 is 28.6 Å². The number of nitrogens with one attached hydrogen (secondary N) is 1. The van der Waals surface area contributed by atoms with E-state index in [0.29, 0.717) is 5.57 Å². The van der Waals surface area contributed by atoms with Gasteiger partial charge in [0.05, 0.1) is 6.61 Å². The van der Waals surface area contributed by atoms with Gasteiger partial charge in [-0.05, 0) is 33.3 Å². The molecule has 0 heterocycles. The molecule has 1 N–H and O–H groups in total. The van der Waals surface area contributed by atoms with Crippen LogP contribution in [0.4, 0.5) is 4.79 Å². The molecule has 1 saturated carbocycles. The van der Waals surface area contributed by atoms with E-state index >= 15 is 0 Å². The molecule has 28 heavy (non-hydrogen) atoms. The molecular formula is C21H27NO6. The van der Waals surface area contributed by atoms with E-state index in [1.54, 1.807) is 27.7 Å². The molecule has 0 bridgehead atoms. The summed E-state index contributed by atoms with van der Waals surface area (Å²) in [6.45, 7) is 7.28. The van der Waals surface area contributed by atoms with Crippen molar-refractivity contribution in [3.8, 4) is 0 Å². The Morgan fingerprint density at radius 1 is 1.11 bits per heavy atom. The zero-order valence-corrected chi connectivity index (χ0v) is 16.7. The first kappa shape index (κ1) is 21.5. The number of carbonyl (C=O) groups is 3. The van der Waals surface area contributed by atoms with Crippen LogP contribution in [0, 0.1) is 0 Å². The Bertz CT molecular complexity index is 740. The Morgan fingerprint density at radius 3 is 2.32 bits per heavy atom. The zero-order chi connectivity index (χ0) is 20.8. The average molecular weight is 389 g/mol. The van der Waals surface area contributed by atoms with Crippen molar-refractivity contribution in [2.45, 2.75) is 58.3 Å². The molecule has 1 aromatic rings. The van der Waals surface area contributed by atoms with Gasteiger partial charge in [-0.2, -0.15) is 0 Å². The molecule has 1 amide bonds. The largest absolute Gasteiger partial charge is 0.463 e. The molecule has 1 aromatic carbocycles. The number of rotatable bonds is 6. The Morgan fingerprint density at radius 2 is 1.75 bits per heavy atom. The van der Waals surface area contributed by atoms with Crippen molar-refractivity contribution >= 4 is 18.0 Å². The monoisotopic (exact) mass is 389 g/mol. The van der Waals surface area contributed by atoms with Crippen molar-refractivity contribution in [2.75, 3.05) is 6.61 Å². The van der Waals surface area contributed by atoms with Crippen molar-refractivity contribution in [1.29, 1.82) is 0 Å². The van der Waals surface area contributed by atoms with E-state index < -0.39 is 29.2 Å². The first-order chi connectivity index (χ1) is 13.1. The van der Waals surface area contributed by atoms with Crippen LogP contribution < -0.4 is 5.32 Å². The molecule has 0 aliphatic heterocycles. The summed E-state index contributed by atoms with van der Waals surface area (Å²) in [6, 6.07) is 9.25. The number of amides is 1. The summed E-state index contributed by atoms with van der Waals surface area (Å²) < 4.78 is 15.6.